The number of nitrogens with one attached hydrogen (secondary N) is 2. The van der Waals surface area contributed by atoms with E-state index in [2.05, 4.69) is 9.62 Å². The summed E-state index contributed by atoms with van der Waals surface area (Å²) in [4.78, 5) is 13.6. The minimum absolute atomic E-state index is 0.0497. The molecule has 1 amide bonds. The van der Waals surface area contributed by atoms with Crippen LogP contribution >= 0.6 is 0 Å². The van der Waals surface area contributed by atoms with E-state index in [0.29, 0.717) is 6.54 Å². The monoisotopic (exact) mass is 381 g/mol. The highest BCUT2D eigenvalue weighted by Crippen LogP contribution is 2.14. The van der Waals surface area contributed by atoms with E-state index >= 15 is 0 Å². The van der Waals surface area contributed by atoms with E-state index in [1.165, 1.54) is 24.3 Å². The number of sulfonamides is 1. The third-order valence-electron chi connectivity index (χ3n) is 3.49. The first kappa shape index (κ1) is 21.4. The number of amides is 1. The minimum atomic E-state index is -4.51. The number of hydrogen-bond donors (Lipinski definition) is 2. The van der Waals surface area contributed by atoms with Crippen LogP contribution < -0.4 is 10.0 Å². The molecule has 0 saturated carbocycles. The highest BCUT2D eigenvalue weighted by Gasteiger charge is 2.28. The van der Waals surface area contributed by atoms with Gasteiger partial charge in [0.1, 0.15) is 6.54 Å². The van der Waals surface area contributed by atoms with E-state index in [9.17, 15) is 26.4 Å². The van der Waals surface area contributed by atoms with Crippen LogP contribution in [0.1, 0.15) is 24.2 Å². The Morgan fingerprint density at radius 3 is 2.16 bits per heavy atom. The van der Waals surface area contributed by atoms with Crippen LogP contribution in [0.15, 0.2) is 29.2 Å². The topological polar surface area (TPSA) is 78.5 Å². The van der Waals surface area contributed by atoms with Gasteiger partial charge in [-0.3, -0.25) is 4.79 Å². The molecule has 0 aromatic heterocycles. The summed E-state index contributed by atoms with van der Waals surface area (Å²) in [6.07, 6.45) is -4.51. The molecule has 0 unspecified atom stereocenters. The summed E-state index contributed by atoms with van der Waals surface area (Å²) in [6, 6.07) is 4.71. The number of rotatable bonds is 9. The van der Waals surface area contributed by atoms with Crippen LogP contribution in [0.2, 0.25) is 0 Å². The van der Waals surface area contributed by atoms with Crippen LogP contribution in [0.3, 0.4) is 0 Å². The lowest BCUT2D eigenvalue weighted by molar-refractivity contribution is -0.123. The third-order valence-corrected chi connectivity index (χ3v) is 4.97. The molecule has 0 saturated heterocycles. The number of halogens is 3. The quantitative estimate of drug-likeness (QED) is 0.681. The lowest BCUT2D eigenvalue weighted by Crippen LogP contribution is -2.35. The second-order valence-electron chi connectivity index (χ2n) is 5.25. The Bertz CT molecular complexity index is 657. The summed E-state index contributed by atoms with van der Waals surface area (Å²) in [6.45, 7) is 4.90. The average molecular weight is 381 g/mol. The number of hydrogen-bond acceptors (Lipinski definition) is 4. The lowest BCUT2D eigenvalue weighted by atomic mass is 10.2. The third kappa shape index (κ3) is 7.41. The first-order valence-corrected chi connectivity index (χ1v) is 9.24. The average Bonchev–Trinajstić information content (AvgIpc) is 2.56. The van der Waals surface area contributed by atoms with Gasteiger partial charge in [-0.1, -0.05) is 13.8 Å². The summed E-state index contributed by atoms with van der Waals surface area (Å²) in [7, 11) is -3.74. The van der Waals surface area contributed by atoms with Gasteiger partial charge in [0.15, 0.2) is 0 Å². The van der Waals surface area contributed by atoms with Crippen LogP contribution in [0, 0.1) is 0 Å². The molecule has 1 rings (SSSR count). The van der Waals surface area contributed by atoms with E-state index in [-0.39, 0.29) is 17.0 Å². The lowest BCUT2D eigenvalue weighted by Gasteiger charge is -2.18. The maximum Gasteiger partial charge on any atom is 0.405 e. The highest BCUT2D eigenvalue weighted by molar-refractivity contribution is 7.89. The number of benzene rings is 1. The molecule has 6 nitrogen and oxygen atoms in total. The van der Waals surface area contributed by atoms with E-state index in [4.69, 9.17) is 0 Å². The molecule has 0 aliphatic carbocycles. The first-order valence-electron chi connectivity index (χ1n) is 7.76. The van der Waals surface area contributed by atoms with Gasteiger partial charge in [-0.05, 0) is 37.4 Å². The molecule has 0 atom stereocenters. The van der Waals surface area contributed by atoms with Gasteiger partial charge in [0.2, 0.25) is 10.0 Å². The predicted octanol–water partition coefficient (Wildman–Crippen LogP) is 1.60. The molecule has 2 N–H and O–H groups in total. The Hall–Kier alpha value is -1.65. The van der Waals surface area contributed by atoms with Gasteiger partial charge >= 0.3 is 6.18 Å². The fourth-order valence-electron chi connectivity index (χ4n) is 2.03. The van der Waals surface area contributed by atoms with Crippen molar-refractivity contribution in [3.8, 4) is 0 Å². The van der Waals surface area contributed by atoms with Gasteiger partial charge in [-0.15, -0.1) is 0 Å². The Labute approximate surface area is 145 Å². The van der Waals surface area contributed by atoms with Crippen molar-refractivity contribution in [3.63, 3.8) is 0 Å². The minimum Gasteiger partial charge on any atom is -0.343 e. The summed E-state index contributed by atoms with van der Waals surface area (Å²) >= 11 is 0. The molecule has 0 bridgehead atoms. The van der Waals surface area contributed by atoms with Gasteiger partial charge in [-0.2, -0.15) is 13.2 Å². The van der Waals surface area contributed by atoms with Gasteiger partial charge in [-0.25, -0.2) is 13.1 Å². The van der Waals surface area contributed by atoms with Crippen molar-refractivity contribution in [3.05, 3.63) is 29.8 Å². The summed E-state index contributed by atoms with van der Waals surface area (Å²) < 4.78 is 63.0. The Kier molecular flexibility index (Phi) is 7.84. The van der Waals surface area contributed by atoms with Crippen LogP contribution in [-0.2, 0) is 10.0 Å². The zero-order chi connectivity index (χ0) is 19.1. The first-order chi connectivity index (χ1) is 11.6. The maximum absolute atomic E-state index is 12.1. The van der Waals surface area contributed by atoms with Crippen molar-refractivity contribution in [2.45, 2.75) is 24.9 Å². The molecule has 25 heavy (non-hydrogen) atoms. The zero-order valence-electron chi connectivity index (χ0n) is 14.1. The van der Waals surface area contributed by atoms with E-state index in [1.54, 1.807) is 5.32 Å². The van der Waals surface area contributed by atoms with E-state index in [0.717, 1.165) is 13.1 Å². The number of nitrogens with zero attached hydrogens (tertiary/aromatic N) is 1. The van der Waals surface area contributed by atoms with Crippen molar-refractivity contribution in [1.82, 2.24) is 14.9 Å². The number of carbonyl (C=O) groups excluding carboxylic acids is 1. The van der Waals surface area contributed by atoms with Gasteiger partial charge in [0.05, 0.1) is 4.90 Å². The van der Waals surface area contributed by atoms with Crippen molar-refractivity contribution in [2.75, 3.05) is 32.7 Å². The second kappa shape index (κ2) is 9.16. The van der Waals surface area contributed by atoms with Crippen LogP contribution in [0.5, 0.6) is 0 Å². The molecular formula is C15H22F3N3O3S. The molecule has 0 fully saturated rings. The standard InChI is InChI=1S/C15H22F3N3O3S/c1-3-21(4-2)10-9-20-25(23,24)13-7-5-12(6-8-13)14(22)19-11-15(16,17)18/h5-8,20H,3-4,9-11H2,1-2H3,(H,19,22). The molecule has 0 aliphatic heterocycles. The van der Waals surface area contributed by atoms with Crippen LogP contribution in [0.4, 0.5) is 13.2 Å². The Balaban J connectivity index is 2.66. The van der Waals surface area contributed by atoms with Crippen molar-refractivity contribution < 1.29 is 26.4 Å². The van der Waals surface area contributed by atoms with E-state index < -0.39 is 28.7 Å². The van der Waals surface area contributed by atoms with Crippen LogP contribution in [0.25, 0.3) is 0 Å². The van der Waals surface area contributed by atoms with Crippen molar-refractivity contribution in [2.24, 2.45) is 0 Å². The SMILES string of the molecule is CCN(CC)CCNS(=O)(=O)c1ccc(C(=O)NCC(F)(F)F)cc1. The van der Waals surface area contributed by atoms with Gasteiger partial charge in [0.25, 0.3) is 5.91 Å². The zero-order valence-corrected chi connectivity index (χ0v) is 14.9. The molecule has 142 valence electrons. The molecule has 1 aromatic rings. The molecule has 0 heterocycles. The second-order valence-corrected chi connectivity index (χ2v) is 7.01. The smallest absolute Gasteiger partial charge is 0.343 e. The predicted molar refractivity (Wildman–Crippen MR) is 87.8 cm³/mol. The normalized spacial score (nSPS) is 12.4. The van der Waals surface area contributed by atoms with E-state index in [1.807, 2.05) is 13.8 Å². The summed E-state index contributed by atoms with van der Waals surface area (Å²) in [5.74, 6) is -0.921. The Morgan fingerprint density at radius 2 is 1.68 bits per heavy atom. The van der Waals surface area contributed by atoms with Crippen molar-refractivity contribution in [1.29, 1.82) is 0 Å². The molecule has 0 radical (unpaired) electrons. The summed E-state index contributed by atoms with van der Waals surface area (Å²) in [5.41, 5.74) is -0.0497. The van der Waals surface area contributed by atoms with Gasteiger partial charge < -0.3 is 10.2 Å². The maximum atomic E-state index is 12.1. The fourth-order valence-corrected chi connectivity index (χ4v) is 3.05. The Morgan fingerprint density at radius 1 is 1.12 bits per heavy atom. The molecular weight excluding hydrogens is 359 g/mol. The highest BCUT2D eigenvalue weighted by atomic mass is 32.2. The number of alkyl halides is 3. The molecule has 0 spiro atoms. The summed E-state index contributed by atoms with van der Waals surface area (Å²) in [5, 5.41) is 1.72. The molecule has 10 heteroatoms. The molecule has 1 aromatic carbocycles. The largest absolute Gasteiger partial charge is 0.405 e. The fraction of sp³-hybridized carbons (Fsp3) is 0.533. The molecule has 0 aliphatic rings. The number of likely N-dealkylation sites (N-methyl/N-ethyl adjacent to an activating group) is 1. The van der Waals surface area contributed by atoms with Crippen molar-refractivity contribution >= 4 is 15.9 Å². The van der Waals surface area contributed by atoms with Crippen LogP contribution in [-0.4, -0.2) is 58.1 Å². The van der Waals surface area contributed by atoms with Gasteiger partial charge in [0, 0.05) is 18.7 Å². The number of carbonyl (C=O) groups is 1.